The van der Waals surface area contributed by atoms with Crippen molar-refractivity contribution in [1.82, 2.24) is 4.31 Å². The second-order valence-corrected chi connectivity index (χ2v) is 6.71. The molecule has 1 heterocycles. The zero-order chi connectivity index (χ0) is 15.8. The molecule has 0 amide bonds. The van der Waals surface area contributed by atoms with Crippen molar-refractivity contribution < 1.29 is 31.6 Å². The van der Waals surface area contributed by atoms with Gasteiger partial charge in [0.1, 0.15) is 0 Å². The number of rotatable bonds is 3. The zero-order valence-corrected chi connectivity index (χ0v) is 11.7. The first-order chi connectivity index (χ1) is 9.62. The van der Waals surface area contributed by atoms with Crippen LogP contribution in [0.15, 0.2) is 23.1 Å². The van der Waals surface area contributed by atoms with Gasteiger partial charge in [0.15, 0.2) is 0 Å². The molecule has 0 spiro atoms. The van der Waals surface area contributed by atoms with Crippen LogP contribution in [-0.2, 0) is 16.2 Å². The third-order valence-corrected chi connectivity index (χ3v) is 5.13. The molecule has 5 nitrogen and oxygen atoms in total. The summed E-state index contributed by atoms with van der Waals surface area (Å²) in [5.74, 6) is 0. The Labute approximate surface area is 120 Å². The van der Waals surface area contributed by atoms with E-state index < -0.39 is 39.2 Å². The van der Waals surface area contributed by atoms with Crippen molar-refractivity contribution in [1.29, 1.82) is 0 Å². The SMILES string of the molecule is O=S(=O)(c1cc(B(O)O)cc(C(F)(F)F)c1)N1CCCC1. The lowest BCUT2D eigenvalue weighted by atomic mass is 9.79. The second-order valence-electron chi connectivity index (χ2n) is 4.77. The molecule has 0 atom stereocenters. The lowest BCUT2D eigenvalue weighted by Crippen LogP contribution is -2.34. The van der Waals surface area contributed by atoms with Crippen molar-refractivity contribution in [2.75, 3.05) is 13.1 Å². The van der Waals surface area contributed by atoms with Crippen LogP contribution >= 0.6 is 0 Å². The maximum atomic E-state index is 12.8. The van der Waals surface area contributed by atoms with Gasteiger partial charge in [-0.3, -0.25) is 0 Å². The van der Waals surface area contributed by atoms with Gasteiger partial charge < -0.3 is 10.0 Å². The van der Waals surface area contributed by atoms with E-state index >= 15 is 0 Å². The quantitative estimate of drug-likeness (QED) is 0.778. The minimum Gasteiger partial charge on any atom is -0.423 e. The summed E-state index contributed by atoms with van der Waals surface area (Å²) in [5, 5.41) is 18.1. The average Bonchev–Trinajstić information content (AvgIpc) is 2.91. The van der Waals surface area contributed by atoms with E-state index in [-0.39, 0.29) is 13.1 Å². The Morgan fingerprint density at radius 2 is 1.67 bits per heavy atom. The lowest BCUT2D eigenvalue weighted by Gasteiger charge is -2.18. The topological polar surface area (TPSA) is 77.8 Å². The molecular weight excluding hydrogens is 310 g/mol. The van der Waals surface area contributed by atoms with E-state index in [1.165, 1.54) is 0 Å². The molecule has 0 unspecified atom stereocenters. The van der Waals surface area contributed by atoms with Crippen LogP contribution in [-0.4, -0.2) is 43.0 Å². The molecule has 10 heteroatoms. The van der Waals surface area contributed by atoms with Crippen LogP contribution in [0, 0.1) is 0 Å². The largest absolute Gasteiger partial charge is 0.488 e. The zero-order valence-electron chi connectivity index (χ0n) is 10.8. The van der Waals surface area contributed by atoms with Crippen LogP contribution in [0.5, 0.6) is 0 Å². The van der Waals surface area contributed by atoms with Crippen molar-refractivity contribution in [2.24, 2.45) is 0 Å². The Bertz CT molecular complexity index is 627. The Balaban J connectivity index is 2.55. The van der Waals surface area contributed by atoms with Crippen LogP contribution in [0.4, 0.5) is 13.2 Å². The fraction of sp³-hybridized carbons (Fsp3) is 0.455. The van der Waals surface area contributed by atoms with E-state index in [2.05, 4.69) is 0 Å². The highest BCUT2D eigenvalue weighted by Gasteiger charge is 2.35. The Morgan fingerprint density at radius 3 is 2.14 bits per heavy atom. The van der Waals surface area contributed by atoms with Gasteiger partial charge in [0.25, 0.3) is 0 Å². The highest BCUT2D eigenvalue weighted by atomic mass is 32.2. The number of hydrogen-bond donors (Lipinski definition) is 2. The molecule has 1 aliphatic rings. The van der Waals surface area contributed by atoms with Crippen molar-refractivity contribution in [3.63, 3.8) is 0 Å². The Hall–Kier alpha value is -1.10. The molecule has 2 rings (SSSR count). The highest BCUT2D eigenvalue weighted by molar-refractivity contribution is 7.89. The van der Waals surface area contributed by atoms with E-state index in [9.17, 15) is 21.6 Å². The van der Waals surface area contributed by atoms with E-state index in [1.807, 2.05) is 0 Å². The smallest absolute Gasteiger partial charge is 0.423 e. The standard InChI is InChI=1S/C11H13BF3NO4S/c13-11(14,15)8-5-9(12(17)18)7-10(6-8)21(19,20)16-3-1-2-4-16/h5-7,17-18H,1-4H2. The van der Waals surface area contributed by atoms with Gasteiger partial charge in [0.2, 0.25) is 10.0 Å². The van der Waals surface area contributed by atoms with Crippen molar-refractivity contribution in [2.45, 2.75) is 23.9 Å². The number of alkyl halides is 3. The van der Waals surface area contributed by atoms with Crippen molar-refractivity contribution in [3.05, 3.63) is 23.8 Å². The maximum Gasteiger partial charge on any atom is 0.488 e. The van der Waals surface area contributed by atoms with Gasteiger partial charge in [-0.25, -0.2) is 8.42 Å². The molecular formula is C11H13BF3NO4S. The first-order valence-corrected chi connectivity index (χ1v) is 7.65. The normalized spacial score (nSPS) is 17.2. The van der Waals surface area contributed by atoms with Gasteiger partial charge in [-0.2, -0.15) is 17.5 Å². The number of sulfonamides is 1. The fourth-order valence-electron chi connectivity index (χ4n) is 2.16. The predicted octanol–water partition coefficient (Wildman–Crippen LogP) is 0.170. The first-order valence-electron chi connectivity index (χ1n) is 6.21. The summed E-state index contributed by atoms with van der Waals surface area (Å²) < 4.78 is 64.1. The Morgan fingerprint density at radius 1 is 1.10 bits per heavy atom. The summed E-state index contributed by atoms with van der Waals surface area (Å²) in [6.07, 6.45) is -3.48. The second kappa shape index (κ2) is 5.60. The van der Waals surface area contributed by atoms with Crippen LogP contribution in [0.1, 0.15) is 18.4 Å². The first kappa shape index (κ1) is 16.3. The predicted molar refractivity (Wildman–Crippen MR) is 69.3 cm³/mol. The van der Waals surface area contributed by atoms with Gasteiger partial charge in [-0.1, -0.05) is 6.07 Å². The molecule has 0 aliphatic carbocycles. The molecule has 116 valence electrons. The molecule has 0 radical (unpaired) electrons. The van der Waals surface area contributed by atoms with E-state index in [0.717, 1.165) is 10.4 Å². The molecule has 1 fully saturated rings. The monoisotopic (exact) mass is 323 g/mol. The molecule has 1 aromatic carbocycles. The molecule has 0 bridgehead atoms. The molecule has 0 aromatic heterocycles. The van der Waals surface area contributed by atoms with E-state index in [4.69, 9.17) is 10.0 Å². The summed E-state index contributed by atoms with van der Waals surface area (Å²) in [4.78, 5) is -0.581. The van der Waals surface area contributed by atoms with Crippen LogP contribution in [0.2, 0.25) is 0 Å². The summed E-state index contributed by atoms with van der Waals surface area (Å²) in [7, 11) is -6.25. The minimum absolute atomic E-state index is 0.246. The third-order valence-electron chi connectivity index (χ3n) is 3.26. The van der Waals surface area contributed by atoms with Crippen LogP contribution in [0.25, 0.3) is 0 Å². The third kappa shape index (κ3) is 3.39. The van der Waals surface area contributed by atoms with Crippen molar-refractivity contribution in [3.8, 4) is 0 Å². The molecule has 21 heavy (non-hydrogen) atoms. The molecule has 1 saturated heterocycles. The summed E-state index contributed by atoms with van der Waals surface area (Å²) >= 11 is 0. The van der Waals surface area contributed by atoms with Gasteiger partial charge in [-0.15, -0.1) is 0 Å². The number of benzene rings is 1. The fourth-order valence-corrected chi connectivity index (χ4v) is 3.76. The summed E-state index contributed by atoms with van der Waals surface area (Å²) in [6.45, 7) is 0.491. The molecule has 1 aliphatic heterocycles. The van der Waals surface area contributed by atoms with Crippen molar-refractivity contribution >= 4 is 22.6 Å². The minimum atomic E-state index is -4.78. The van der Waals surface area contributed by atoms with Crippen LogP contribution in [0.3, 0.4) is 0 Å². The van der Waals surface area contributed by atoms with Gasteiger partial charge in [-0.05, 0) is 30.4 Å². The van der Waals surface area contributed by atoms with Crippen LogP contribution < -0.4 is 5.46 Å². The molecule has 0 saturated carbocycles. The number of nitrogens with zero attached hydrogens (tertiary/aromatic N) is 1. The molecule has 1 aromatic rings. The van der Waals surface area contributed by atoms with E-state index in [1.54, 1.807) is 0 Å². The highest BCUT2D eigenvalue weighted by Crippen LogP contribution is 2.31. The molecule has 2 N–H and O–H groups in total. The van der Waals surface area contributed by atoms with Gasteiger partial charge in [0.05, 0.1) is 10.5 Å². The van der Waals surface area contributed by atoms with E-state index in [0.29, 0.717) is 25.0 Å². The summed E-state index contributed by atoms with van der Waals surface area (Å²) in [6, 6.07) is 1.89. The number of hydrogen-bond acceptors (Lipinski definition) is 4. The lowest BCUT2D eigenvalue weighted by molar-refractivity contribution is -0.137. The van der Waals surface area contributed by atoms with Gasteiger partial charge in [0, 0.05) is 13.1 Å². The van der Waals surface area contributed by atoms with Gasteiger partial charge >= 0.3 is 13.3 Å². The average molecular weight is 323 g/mol. The number of halogens is 3. The summed E-state index contributed by atoms with van der Waals surface area (Å²) in [5.41, 5.74) is -1.74. The maximum absolute atomic E-state index is 12.8. The Kier molecular flexibility index (Phi) is 4.34.